The van der Waals surface area contributed by atoms with Crippen LogP contribution in [0.5, 0.6) is 0 Å². The van der Waals surface area contributed by atoms with E-state index in [4.69, 9.17) is 4.42 Å². The van der Waals surface area contributed by atoms with E-state index in [-0.39, 0.29) is 15.9 Å². The summed E-state index contributed by atoms with van der Waals surface area (Å²) >= 11 is 2.97. The molecule has 0 atom stereocenters. The second kappa shape index (κ2) is 5.44. The van der Waals surface area contributed by atoms with E-state index in [0.717, 1.165) is 6.07 Å². The van der Waals surface area contributed by atoms with Crippen LogP contribution in [0, 0.1) is 12.7 Å². The quantitative estimate of drug-likeness (QED) is 0.924. The normalized spacial score (nSPS) is 11.7. The number of sulfonamides is 1. The highest BCUT2D eigenvalue weighted by molar-refractivity contribution is 9.10. The Morgan fingerprint density at radius 1 is 1.32 bits per heavy atom. The minimum atomic E-state index is -3.76. The highest BCUT2D eigenvalue weighted by Crippen LogP contribution is 2.19. The van der Waals surface area contributed by atoms with Crippen molar-refractivity contribution >= 4 is 26.0 Å². The second-order valence-electron chi connectivity index (χ2n) is 3.91. The molecule has 4 nitrogen and oxygen atoms in total. The number of furan rings is 1. The van der Waals surface area contributed by atoms with Gasteiger partial charge in [-0.3, -0.25) is 0 Å². The number of rotatable bonds is 4. The third-order valence-corrected chi connectivity index (χ3v) is 4.48. The highest BCUT2D eigenvalue weighted by atomic mass is 79.9. The smallest absolute Gasteiger partial charge is 0.241 e. The number of nitrogens with one attached hydrogen (secondary N) is 1. The van der Waals surface area contributed by atoms with Gasteiger partial charge in [-0.05, 0) is 53.2 Å². The fourth-order valence-electron chi connectivity index (χ4n) is 1.47. The van der Waals surface area contributed by atoms with Gasteiger partial charge in [0.2, 0.25) is 10.0 Å². The molecule has 0 saturated heterocycles. The van der Waals surface area contributed by atoms with Crippen molar-refractivity contribution in [2.75, 3.05) is 0 Å². The standard InChI is InChI=1S/C12H11BrFNO3S/c1-8-2-3-9(18-8)7-15-19(16,17)10-4-5-11(13)12(14)6-10/h2-6,15H,7H2,1H3. The minimum absolute atomic E-state index is 0.0217. The van der Waals surface area contributed by atoms with Crippen LogP contribution in [0.2, 0.25) is 0 Å². The first kappa shape index (κ1) is 14.2. The lowest BCUT2D eigenvalue weighted by Crippen LogP contribution is -2.23. The third kappa shape index (κ3) is 3.43. The van der Waals surface area contributed by atoms with E-state index in [0.29, 0.717) is 11.5 Å². The van der Waals surface area contributed by atoms with Crippen molar-refractivity contribution in [3.63, 3.8) is 0 Å². The maximum Gasteiger partial charge on any atom is 0.241 e. The summed E-state index contributed by atoms with van der Waals surface area (Å²) in [5, 5.41) is 0. The Morgan fingerprint density at radius 3 is 2.63 bits per heavy atom. The van der Waals surface area contributed by atoms with Crippen LogP contribution in [0.4, 0.5) is 4.39 Å². The lowest BCUT2D eigenvalue weighted by Gasteiger charge is -2.06. The van der Waals surface area contributed by atoms with Gasteiger partial charge in [0.15, 0.2) is 0 Å². The molecule has 0 radical (unpaired) electrons. The molecule has 0 amide bonds. The molecule has 102 valence electrons. The lowest BCUT2D eigenvalue weighted by atomic mass is 10.3. The number of aryl methyl sites for hydroxylation is 1. The Morgan fingerprint density at radius 2 is 2.05 bits per heavy atom. The van der Waals surface area contributed by atoms with Crippen LogP contribution in [0.25, 0.3) is 0 Å². The van der Waals surface area contributed by atoms with E-state index in [1.807, 2.05) is 0 Å². The average Bonchev–Trinajstić information content (AvgIpc) is 2.76. The molecule has 0 bridgehead atoms. The van der Waals surface area contributed by atoms with Crippen molar-refractivity contribution in [1.29, 1.82) is 0 Å². The summed E-state index contributed by atoms with van der Waals surface area (Å²) in [6, 6.07) is 7.05. The van der Waals surface area contributed by atoms with Crippen LogP contribution in [0.1, 0.15) is 11.5 Å². The first-order valence-electron chi connectivity index (χ1n) is 5.38. The molecule has 0 aliphatic carbocycles. The van der Waals surface area contributed by atoms with Gasteiger partial charge in [0, 0.05) is 0 Å². The van der Waals surface area contributed by atoms with Crippen LogP contribution in [-0.2, 0) is 16.6 Å². The summed E-state index contributed by atoms with van der Waals surface area (Å²) in [7, 11) is -3.76. The van der Waals surface area contributed by atoms with Gasteiger partial charge in [0.05, 0.1) is 15.9 Å². The monoisotopic (exact) mass is 347 g/mol. The van der Waals surface area contributed by atoms with E-state index in [9.17, 15) is 12.8 Å². The van der Waals surface area contributed by atoms with Crippen molar-refractivity contribution in [3.8, 4) is 0 Å². The van der Waals surface area contributed by atoms with Crippen molar-refractivity contribution in [3.05, 3.63) is 52.1 Å². The molecular formula is C12H11BrFNO3S. The molecule has 0 aliphatic rings. The maximum atomic E-state index is 13.3. The van der Waals surface area contributed by atoms with Crippen molar-refractivity contribution in [2.24, 2.45) is 0 Å². The fourth-order valence-corrected chi connectivity index (χ4v) is 2.73. The molecule has 0 spiro atoms. The zero-order valence-corrected chi connectivity index (χ0v) is 12.4. The van der Waals surface area contributed by atoms with Crippen LogP contribution in [0.3, 0.4) is 0 Å². The fraction of sp³-hybridized carbons (Fsp3) is 0.167. The first-order valence-corrected chi connectivity index (χ1v) is 7.66. The zero-order valence-electron chi connectivity index (χ0n) is 9.98. The largest absolute Gasteiger partial charge is 0.465 e. The van der Waals surface area contributed by atoms with Crippen molar-refractivity contribution < 1.29 is 17.2 Å². The van der Waals surface area contributed by atoms with Gasteiger partial charge >= 0.3 is 0 Å². The van der Waals surface area contributed by atoms with Gasteiger partial charge < -0.3 is 4.42 Å². The Bertz CT molecular complexity index is 697. The van der Waals surface area contributed by atoms with Gasteiger partial charge in [0.25, 0.3) is 0 Å². The Hall–Kier alpha value is -1.18. The number of halogens is 2. The van der Waals surface area contributed by atoms with Crippen LogP contribution in [0.15, 0.2) is 44.1 Å². The highest BCUT2D eigenvalue weighted by Gasteiger charge is 2.16. The van der Waals surface area contributed by atoms with E-state index in [1.165, 1.54) is 12.1 Å². The summed E-state index contributed by atoms with van der Waals surface area (Å²) in [5.41, 5.74) is 0. The molecule has 0 aliphatic heterocycles. The van der Waals surface area contributed by atoms with E-state index < -0.39 is 15.8 Å². The Kier molecular flexibility index (Phi) is 4.07. The first-order chi connectivity index (χ1) is 8.88. The van der Waals surface area contributed by atoms with Gasteiger partial charge in [-0.1, -0.05) is 0 Å². The van der Waals surface area contributed by atoms with Crippen molar-refractivity contribution in [2.45, 2.75) is 18.4 Å². The number of hydrogen-bond acceptors (Lipinski definition) is 3. The molecule has 1 heterocycles. The Balaban J connectivity index is 2.16. The summed E-state index contributed by atoms with van der Waals surface area (Å²) in [6.07, 6.45) is 0. The van der Waals surface area contributed by atoms with Crippen LogP contribution < -0.4 is 4.72 Å². The topological polar surface area (TPSA) is 59.3 Å². The van der Waals surface area contributed by atoms with Crippen molar-refractivity contribution in [1.82, 2.24) is 4.72 Å². The van der Waals surface area contributed by atoms with Crippen LogP contribution >= 0.6 is 15.9 Å². The van der Waals surface area contributed by atoms with E-state index in [2.05, 4.69) is 20.7 Å². The van der Waals surface area contributed by atoms with Gasteiger partial charge in [-0.25, -0.2) is 17.5 Å². The summed E-state index contributed by atoms with van der Waals surface area (Å²) in [4.78, 5) is -0.128. The molecule has 19 heavy (non-hydrogen) atoms. The number of benzene rings is 1. The molecule has 1 aromatic carbocycles. The molecular weight excluding hydrogens is 337 g/mol. The predicted molar refractivity (Wildman–Crippen MR) is 71.6 cm³/mol. The zero-order chi connectivity index (χ0) is 14.0. The molecule has 0 unspecified atom stereocenters. The lowest BCUT2D eigenvalue weighted by molar-refractivity contribution is 0.475. The molecule has 1 aromatic heterocycles. The SMILES string of the molecule is Cc1ccc(CNS(=O)(=O)c2ccc(Br)c(F)c2)o1. The van der Waals surface area contributed by atoms with E-state index in [1.54, 1.807) is 19.1 Å². The van der Waals surface area contributed by atoms with E-state index >= 15 is 0 Å². The summed E-state index contributed by atoms with van der Waals surface area (Å²) in [5.74, 6) is 0.569. The molecule has 1 N–H and O–H groups in total. The number of hydrogen-bond donors (Lipinski definition) is 1. The van der Waals surface area contributed by atoms with Gasteiger partial charge in [0.1, 0.15) is 17.3 Å². The maximum absolute atomic E-state index is 13.3. The van der Waals surface area contributed by atoms with Gasteiger partial charge in [-0.2, -0.15) is 0 Å². The summed E-state index contributed by atoms with van der Waals surface area (Å²) < 4.78 is 45.0. The Labute approximate surface area is 118 Å². The summed E-state index contributed by atoms with van der Waals surface area (Å²) in [6.45, 7) is 1.79. The minimum Gasteiger partial charge on any atom is -0.465 e. The van der Waals surface area contributed by atoms with Gasteiger partial charge in [-0.15, -0.1) is 0 Å². The molecule has 2 aromatic rings. The molecule has 0 fully saturated rings. The second-order valence-corrected chi connectivity index (χ2v) is 6.53. The predicted octanol–water partition coefficient (Wildman–Crippen LogP) is 2.97. The molecule has 0 saturated carbocycles. The molecule has 7 heteroatoms. The van der Waals surface area contributed by atoms with Crippen LogP contribution in [-0.4, -0.2) is 8.42 Å². The average molecular weight is 348 g/mol. The third-order valence-electron chi connectivity index (χ3n) is 2.43. The molecule has 2 rings (SSSR count).